The fourth-order valence-electron chi connectivity index (χ4n) is 22.8. The number of aliphatic hydroxyl groups is 13. The normalized spacial score (nSPS) is 35.0. The summed E-state index contributed by atoms with van der Waals surface area (Å²) in [5.74, 6) is 7.67. The van der Waals surface area contributed by atoms with Crippen LogP contribution < -0.4 is 0 Å². The van der Waals surface area contributed by atoms with Crippen molar-refractivity contribution in [3.63, 3.8) is 0 Å². The standard InChI is InChI=1S/C16H28O5.C14H28O3.C14H28O2.C13H24O3.2C13H26O3.C13H26O2/c1-11(2)13-5-4-12(3)10-16(13,20)8-9-21-15(19)7-6-14(17)18;1-10(2)13-6-5-11(3)7-14(13,16)8-12(15)9-17-4;1-11(2)13-7-6-12(3)10-14(13,16)8-4-5-9-15;1-9(2)12-6-5-10(3)7-13(12,15)8-16-11(4)14;1-9(2)12-5-4-10(3)6-13(12,16)7-11(15)8-14;1-10(2)12-5-4-11(3)8-13(12,9-15)16-7-6-14;1-10(2)12-6-5-11(3)9-13(12,15)7-4-8-14/h11-13,20H,4-10H2,1-3H3,(H,17,18);10-13,15-16H,5-9H2,1-4H3;11-13,15-16H,4-10H2,1-3H3;9-10,12,15H,5-8H2,1-4H3;9-12,14-16H,4-8H2,1-3H3;10-12,14-15H,4-9H2,1-3H3;10-12,14-15H,4-9H2,1-3H3/t12-,13+,16+;11-,12?,13+,14-;12-,13+,14+;10-,12+,13-;10-,11?,12+,13-;11-,12+,13-;11-,12+,13+/m1111111/s1. The SMILES string of the molecule is CC(=O)OC[C@]1(O)C[C@H](C)CC[C@H]1C(C)C.CC(C)[C@@H]1CC[C@@H](C)C[C@@]1(O)CC(O)CO.CC(C)[C@@H]1CC[C@@H](C)C[C@@]1(O)CCCCO.CC(C)[C@@H]1CC[C@@H](C)C[C@@]1(O)CCCO.CC(C)[C@@H]1CC[C@@H](C)C[C@@]1(O)CCOC(=O)CCC(=O)O.CC(C)[C@@H]1CC[C@@H](C)C[C@]1(CO)OCCO.COCC(O)C[C@]1(O)C[C@H](C)CC[C@H]1C(C)C. The van der Waals surface area contributed by atoms with E-state index in [1.807, 2.05) is 0 Å². The number of hydrogen-bond acceptors (Lipinski definition) is 20. The van der Waals surface area contributed by atoms with Gasteiger partial charge in [-0.05, 0) is 246 Å². The van der Waals surface area contributed by atoms with Gasteiger partial charge in [-0.15, -0.1) is 0 Å². The zero-order valence-electron chi connectivity index (χ0n) is 78.7. The van der Waals surface area contributed by atoms with Crippen LogP contribution in [0.1, 0.15) is 351 Å². The molecule has 117 heavy (non-hydrogen) atoms. The molecule has 7 fully saturated rings. The molecule has 23 atom stereocenters. The summed E-state index contributed by atoms with van der Waals surface area (Å²) >= 11 is 0. The highest BCUT2D eigenvalue weighted by molar-refractivity contribution is 5.76. The average Bonchev–Trinajstić information content (AvgIpc) is 0.984. The number of methoxy groups -OCH3 is 1. The highest BCUT2D eigenvalue weighted by Crippen LogP contribution is 2.50. The van der Waals surface area contributed by atoms with Crippen molar-refractivity contribution in [1.82, 2.24) is 0 Å². The zero-order valence-corrected chi connectivity index (χ0v) is 78.7. The molecule has 7 aliphatic rings. The van der Waals surface area contributed by atoms with Crippen molar-refractivity contribution in [1.29, 1.82) is 0 Å². The number of rotatable bonds is 33. The molecular weight excluding hydrogens is 1490 g/mol. The molecular formula is C96H186O21. The van der Waals surface area contributed by atoms with E-state index in [1.54, 1.807) is 7.11 Å². The second-order valence-electron chi connectivity index (χ2n) is 41.6. The van der Waals surface area contributed by atoms with Crippen LogP contribution in [0.4, 0.5) is 0 Å². The first-order chi connectivity index (χ1) is 54.4. The Balaban J connectivity index is 0.000000684. The molecule has 2 unspecified atom stereocenters. The Hall–Kier alpha value is -2.19. The van der Waals surface area contributed by atoms with Gasteiger partial charge in [0.1, 0.15) is 12.2 Å². The second kappa shape index (κ2) is 55.3. The topological polar surface area (TPSA) is 371 Å². The van der Waals surface area contributed by atoms with Crippen LogP contribution in [0.3, 0.4) is 0 Å². The third-order valence-electron chi connectivity index (χ3n) is 28.3. The third kappa shape index (κ3) is 39.5. The van der Waals surface area contributed by atoms with Crippen molar-refractivity contribution in [3.8, 4) is 0 Å². The summed E-state index contributed by atoms with van der Waals surface area (Å²) in [6, 6.07) is 0. The number of aliphatic carboxylic acids is 1. The highest BCUT2D eigenvalue weighted by Gasteiger charge is 2.50. The second-order valence-corrected chi connectivity index (χ2v) is 41.6. The van der Waals surface area contributed by atoms with E-state index in [9.17, 15) is 60.3 Å². The maximum absolute atomic E-state index is 11.4. The maximum atomic E-state index is 11.4. The van der Waals surface area contributed by atoms with Crippen LogP contribution in [0.25, 0.3) is 0 Å². The number of carbonyl (C=O) groups is 3. The molecule has 0 amide bonds. The van der Waals surface area contributed by atoms with Crippen molar-refractivity contribution >= 4 is 17.9 Å². The van der Waals surface area contributed by atoms with Crippen LogP contribution >= 0.6 is 0 Å². The van der Waals surface area contributed by atoms with E-state index < -0.39 is 63.4 Å². The first kappa shape index (κ1) is 113. The molecule has 0 aromatic carbocycles. The number of aliphatic hydroxyl groups excluding tert-OH is 7. The highest BCUT2D eigenvalue weighted by atomic mass is 16.5. The minimum Gasteiger partial charge on any atom is -0.481 e. The molecule has 0 aliphatic heterocycles. The fraction of sp³-hybridized carbons (Fsp3) is 0.969. The van der Waals surface area contributed by atoms with Crippen LogP contribution in [0, 0.1) is 124 Å². The van der Waals surface area contributed by atoms with Gasteiger partial charge in [-0.25, -0.2) is 0 Å². The molecule has 0 spiro atoms. The van der Waals surface area contributed by atoms with E-state index in [4.69, 9.17) is 44.5 Å². The predicted octanol–water partition coefficient (Wildman–Crippen LogP) is 16.1. The number of carbonyl (C=O) groups excluding carboxylic acids is 2. The van der Waals surface area contributed by atoms with Gasteiger partial charge >= 0.3 is 17.9 Å². The van der Waals surface area contributed by atoms with Gasteiger partial charge in [-0.1, -0.05) is 190 Å². The molecule has 7 rings (SSSR count). The summed E-state index contributed by atoms with van der Waals surface area (Å²) in [5, 5.41) is 138. The number of unbranched alkanes of at least 4 members (excludes halogenated alkanes) is 1. The molecule has 0 aromatic rings. The van der Waals surface area contributed by atoms with Crippen LogP contribution in [0.5, 0.6) is 0 Å². The molecule has 0 heterocycles. The van der Waals surface area contributed by atoms with E-state index in [1.165, 1.54) is 32.6 Å². The van der Waals surface area contributed by atoms with Crippen LogP contribution in [0.15, 0.2) is 0 Å². The first-order valence-electron chi connectivity index (χ1n) is 46.8. The molecule has 0 saturated heterocycles. The summed E-state index contributed by atoms with van der Waals surface area (Å²) in [6.07, 6.45) is 25.3. The summed E-state index contributed by atoms with van der Waals surface area (Å²) in [5.41, 5.74) is -4.53. The van der Waals surface area contributed by atoms with Gasteiger partial charge in [0.15, 0.2) is 0 Å². The predicted molar refractivity (Wildman–Crippen MR) is 468 cm³/mol. The summed E-state index contributed by atoms with van der Waals surface area (Å²) in [7, 11) is 1.58. The summed E-state index contributed by atoms with van der Waals surface area (Å²) < 4.78 is 20.9. The lowest BCUT2D eigenvalue weighted by atomic mass is 9.65. The molecule has 0 bridgehead atoms. The van der Waals surface area contributed by atoms with Crippen LogP contribution in [-0.2, 0) is 33.3 Å². The molecule has 696 valence electrons. The molecule has 21 nitrogen and oxygen atoms in total. The Morgan fingerprint density at radius 1 is 0.368 bits per heavy atom. The van der Waals surface area contributed by atoms with Gasteiger partial charge in [0.2, 0.25) is 0 Å². The number of carboxylic acids is 1. The molecule has 0 aromatic heterocycles. The lowest BCUT2D eigenvalue weighted by molar-refractivity contribution is -0.161. The Bertz CT molecular complexity index is 2630. The van der Waals surface area contributed by atoms with Crippen molar-refractivity contribution in [2.45, 2.75) is 403 Å². The lowest BCUT2D eigenvalue weighted by Gasteiger charge is -2.47. The Morgan fingerprint density at radius 3 is 1.01 bits per heavy atom. The number of ether oxygens (including phenoxy) is 4. The molecule has 7 aliphatic carbocycles. The van der Waals surface area contributed by atoms with Gasteiger partial charge in [0.05, 0.1) is 98.3 Å². The molecule has 0 radical (unpaired) electrons. The van der Waals surface area contributed by atoms with Gasteiger partial charge in [0.25, 0.3) is 0 Å². The zero-order chi connectivity index (χ0) is 89.6. The molecule has 14 N–H and O–H groups in total. The van der Waals surface area contributed by atoms with Crippen LogP contribution in [0.2, 0.25) is 0 Å². The lowest BCUT2D eigenvalue weighted by Crippen LogP contribution is -2.51. The van der Waals surface area contributed by atoms with E-state index in [0.717, 1.165) is 141 Å². The monoisotopic (exact) mass is 1680 g/mol. The Morgan fingerprint density at radius 2 is 0.684 bits per heavy atom. The van der Waals surface area contributed by atoms with Crippen LogP contribution in [-0.4, -0.2) is 207 Å². The number of esters is 2. The third-order valence-corrected chi connectivity index (χ3v) is 28.3. The smallest absolute Gasteiger partial charge is 0.306 e. The van der Waals surface area contributed by atoms with Crippen molar-refractivity contribution < 1.29 is 105 Å². The Labute approximate surface area is 712 Å². The molecule has 7 saturated carbocycles. The summed E-state index contributed by atoms with van der Waals surface area (Å²) in [6.45, 7) is 48.2. The van der Waals surface area contributed by atoms with E-state index >= 15 is 0 Å². The Kier molecular flexibility index (Phi) is 53.3. The quantitative estimate of drug-likeness (QED) is 0.0214. The van der Waals surface area contributed by atoms with E-state index in [0.29, 0.717) is 139 Å². The van der Waals surface area contributed by atoms with Gasteiger partial charge in [0, 0.05) is 46.5 Å². The largest absolute Gasteiger partial charge is 0.481 e. The van der Waals surface area contributed by atoms with E-state index in [-0.39, 0.29) is 82.8 Å². The van der Waals surface area contributed by atoms with Gasteiger partial charge < -0.3 is 90.4 Å². The van der Waals surface area contributed by atoms with Gasteiger partial charge in [-0.3, -0.25) is 14.4 Å². The van der Waals surface area contributed by atoms with Crippen molar-refractivity contribution in [3.05, 3.63) is 0 Å². The molecule has 21 heteroatoms. The average molecular weight is 1680 g/mol. The number of carboxylic acid groups (broad SMARTS) is 1. The van der Waals surface area contributed by atoms with Crippen molar-refractivity contribution in [2.75, 3.05) is 66.6 Å². The fourth-order valence-corrected chi connectivity index (χ4v) is 22.8. The summed E-state index contributed by atoms with van der Waals surface area (Å²) in [4.78, 5) is 32.6. The first-order valence-corrected chi connectivity index (χ1v) is 46.8. The number of hydrogen-bond donors (Lipinski definition) is 14. The van der Waals surface area contributed by atoms with E-state index in [2.05, 4.69) is 145 Å². The maximum Gasteiger partial charge on any atom is 0.306 e. The minimum absolute atomic E-state index is 0.0287. The van der Waals surface area contributed by atoms with Crippen molar-refractivity contribution in [2.24, 2.45) is 124 Å². The minimum atomic E-state index is -1.01. The van der Waals surface area contributed by atoms with Gasteiger partial charge in [-0.2, -0.15) is 0 Å².